The molecule has 7 nitrogen and oxygen atoms in total. The topological polar surface area (TPSA) is 96.1 Å². The summed E-state index contributed by atoms with van der Waals surface area (Å²) in [5, 5.41) is 5.76. The summed E-state index contributed by atoms with van der Waals surface area (Å²) in [6.07, 6.45) is 1.87. The van der Waals surface area contributed by atoms with E-state index in [2.05, 4.69) is 27.2 Å². The minimum absolute atomic E-state index is 0.104. The highest BCUT2D eigenvalue weighted by molar-refractivity contribution is 5.98. The van der Waals surface area contributed by atoms with Crippen molar-refractivity contribution < 1.29 is 14.3 Å². The maximum Gasteiger partial charge on any atom is 0.253 e. The highest BCUT2D eigenvalue weighted by Gasteiger charge is 2.28. The highest BCUT2D eigenvalue weighted by atomic mass is 16.5. The first-order valence-electron chi connectivity index (χ1n) is 9.53. The molecule has 2 aromatic carbocycles. The van der Waals surface area contributed by atoms with E-state index < -0.39 is 6.10 Å². The molecule has 1 aliphatic heterocycles. The fourth-order valence-electron chi connectivity index (χ4n) is 3.42. The maximum absolute atomic E-state index is 12.7. The van der Waals surface area contributed by atoms with Gasteiger partial charge in [0.1, 0.15) is 11.9 Å². The Bertz CT molecular complexity index is 1020. The fraction of sp³-hybridized carbons (Fsp3) is 0.227. The number of H-pyrrole nitrogens is 1. The first-order chi connectivity index (χ1) is 14.1. The van der Waals surface area contributed by atoms with E-state index in [1.807, 2.05) is 48.5 Å². The number of rotatable bonds is 5. The quantitative estimate of drug-likeness (QED) is 0.584. The molecule has 148 valence electrons. The Morgan fingerprint density at radius 2 is 1.93 bits per heavy atom. The molecule has 0 spiro atoms. The fourth-order valence-corrected chi connectivity index (χ4v) is 3.42. The van der Waals surface area contributed by atoms with E-state index in [9.17, 15) is 9.59 Å². The molecule has 1 aromatic heterocycles. The molecular weight excluding hydrogens is 368 g/mol. The van der Waals surface area contributed by atoms with E-state index in [0.717, 1.165) is 16.6 Å². The highest BCUT2D eigenvalue weighted by Crippen LogP contribution is 2.28. The minimum atomic E-state index is -0.560. The Kier molecular flexibility index (Phi) is 5.39. The number of anilines is 1. The van der Waals surface area contributed by atoms with Crippen LogP contribution < -0.4 is 10.6 Å². The summed E-state index contributed by atoms with van der Waals surface area (Å²) in [6, 6.07) is 15.2. The van der Waals surface area contributed by atoms with Gasteiger partial charge in [-0.1, -0.05) is 30.8 Å². The van der Waals surface area contributed by atoms with Crippen molar-refractivity contribution in [2.24, 2.45) is 0 Å². The van der Waals surface area contributed by atoms with Gasteiger partial charge in [0.15, 0.2) is 0 Å². The van der Waals surface area contributed by atoms with Crippen molar-refractivity contribution >= 4 is 28.5 Å². The standard InChI is InChI=1S/C22H22N4O3/c1-2-20(27)23-14-11-12-19(29-13-14)22(28)26-16-8-4-3-7-15(16)21-24-17-9-5-6-10-18(17)25-21/h2-10,14,19H,1,11-13H2,(H,23,27)(H,24,25)(H,26,28)/t14-,19+/m1/s1. The zero-order chi connectivity index (χ0) is 20.2. The van der Waals surface area contributed by atoms with Crippen molar-refractivity contribution in [2.75, 3.05) is 11.9 Å². The van der Waals surface area contributed by atoms with Crippen LogP contribution in [0.3, 0.4) is 0 Å². The van der Waals surface area contributed by atoms with Crippen LogP contribution in [0.2, 0.25) is 0 Å². The first kappa shape index (κ1) is 18.9. The van der Waals surface area contributed by atoms with Crippen molar-refractivity contribution in [3.05, 3.63) is 61.2 Å². The van der Waals surface area contributed by atoms with Crippen LogP contribution in [0.1, 0.15) is 12.8 Å². The molecule has 0 radical (unpaired) electrons. The van der Waals surface area contributed by atoms with Gasteiger partial charge in [-0.3, -0.25) is 9.59 Å². The van der Waals surface area contributed by atoms with Crippen LogP contribution >= 0.6 is 0 Å². The zero-order valence-electron chi connectivity index (χ0n) is 15.9. The molecule has 1 saturated heterocycles. The van der Waals surface area contributed by atoms with Crippen LogP contribution in [0.5, 0.6) is 0 Å². The third-order valence-electron chi connectivity index (χ3n) is 4.93. The molecule has 2 amide bonds. The number of nitrogens with zero attached hydrogens (tertiary/aromatic N) is 1. The van der Waals surface area contributed by atoms with Crippen molar-refractivity contribution in [1.82, 2.24) is 15.3 Å². The molecule has 3 aromatic rings. The number of carbonyl (C=O) groups is 2. The van der Waals surface area contributed by atoms with E-state index in [1.165, 1.54) is 6.08 Å². The molecule has 7 heteroatoms. The number of aromatic nitrogens is 2. The lowest BCUT2D eigenvalue weighted by Crippen LogP contribution is -2.45. The summed E-state index contributed by atoms with van der Waals surface area (Å²) in [6.45, 7) is 3.73. The molecule has 0 bridgehead atoms. The summed E-state index contributed by atoms with van der Waals surface area (Å²) in [5.74, 6) is 0.252. The lowest BCUT2D eigenvalue weighted by atomic mass is 10.0. The number of hydrogen-bond donors (Lipinski definition) is 3. The summed E-state index contributed by atoms with van der Waals surface area (Å²) < 4.78 is 5.68. The van der Waals surface area contributed by atoms with Gasteiger partial charge in [0.05, 0.1) is 29.4 Å². The average Bonchev–Trinajstić information content (AvgIpc) is 3.18. The number of fused-ring (bicyclic) bond motifs is 1. The van der Waals surface area contributed by atoms with Gasteiger partial charge < -0.3 is 20.4 Å². The van der Waals surface area contributed by atoms with E-state index in [1.54, 1.807) is 0 Å². The minimum Gasteiger partial charge on any atom is -0.366 e. The number of hydrogen-bond acceptors (Lipinski definition) is 4. The van der Waals surface area contributed by atoms with Crippen LogP contribution in [0.4, 0.5) is 5.69 Å². The number of para-hydroxylation sites is 3. The number of benzene rings is 2. The molecule has 0 aliphatic carbocycles. The zero-order valence-corrected chi connectivity index (χ0v) is 15.9. The number of ether oxygens (including phenoxy) is 1. The van der Waals surface area contributed by atoms with Crippen molar-refractivity contribution in [2.45, 2.75) is 25.0 Å². The van der Waals surface area contributed by atoms with Crippen LogP contribution in [-0.4, -0.2) is 40.5 Å². The third-order valence-corrected chi connectivity index (χ3v) is 4.93. The molecule has 2 atom stereocenters. The lowest BCUT2D eigenvalue weighted by molar-refractivity contribution is -0.131. The van der Waals surface area contributed by atoms with Gasteiger partial charge in [-0.15, -0.1) is 0 Å². The molecular formula is C22H22N4O3. The van der Waals surface area contributed by atoms with Gasteiger partial charge in [0.25, 0.3) is 5.91 Å². The molecule has 3 N–H and O–H groups in total. The first-order valence-corrected chi connectivity index (χ1v) is 9.53. The second-order valence-corrected chi connectivity index (χ2v) is 6.95. The number of amides is 2. The third kappa shape index (κ3) is 4.20. The van der Waals surface area contributed by atoms with E-state index >= 15 is 0 Å². The van der Waals surface area contributed by atoms with Gasteiger partial charge in [-0.05, 0) is 43.2 Å². The van der Waals surface area contributed by atoms with E-state index in [0.29, 0.717) is 31.0 Å². The summed E-state index contributed by atoms with van der Waals surface area (Å²) in [7, 11) is 0. The van der Waals surface area contributed by atoms with Crippen LogP contribution in [0, 0.1) is 0 Å². The van der Waals surface area contributed by atoms with Gasteiger partial charge >= 0.3 is 0 Å². The predicted octanol–water partition coefficient (Wildman–Crippen LogP) is 3.02. The Balaban J connectivity index is 1.46. The van der Waals surface area contributed by atoms with E-state index in [4.69, 9.17) is 4.74 Å². The average molecular weight is 390 g/mol. The Morgan fingerprint density at radius 3 is 2.69 bits per heavy atom. The second-order valence-electron chi connectivity index (χ2n) is 6.95. The predicted molar refractivity (Wildman–Crippen MR) is 111 cm³/mol. The monoisotopic (exact) mass is 390 g/mol. The normalized spacial score (nSPS) is 18.9. The van der Waals surface area contributed by atoms with E-state index in [-0.39, 0.29) is 17.9 Å². The largest absolute Gasteiger partial charge is 0.366 e. The van der Waals surface area contributed by atoms with Crippen molar-refractivity contribution in [1.29, 1.82) is 0 Å². The molecule has 1 aliphatic rings. The second kappa shape index (κ2) is 8.28. The van der Waals surface area contributed by atoms with Gasteiger partial charge in [0, 0.05) is 5.56 Å². The van der Waals surface area contributed by atoms with Crippen LogP contribution in [0.25, 0.3) is 22.4 Å². The molecule has 0 unspecified atom stereocenters. The van der Waals surface area contributed by atoms with Crippen LogP contribution in [-0.2, 0) is 14.3 Å². The summed E-state index contributed by atoms with van der Waals surface area (Å²) in [5.41, 5.74) is 3.28. The van der Waals surface area contributed by atoms with Gasteiger partial charge in [-0.2, -0.15) is 0 Å². The summed E-state index contributed by atoms with van der Waals surface area (Å²) >= 11 is 0. The molecule has 2 heterocycles. The molecule has 4 rings (SSSR count). The lowest BCUT2D eigenvalue weighted by Gasteiger charge is -2.28. The smallest absolute Gasteiger partial charge is 0.253 e. The van der Waals surface area contributed by atoms with Gasteiger partial charge in [0.2, 0.25) is 5.91 Å². The number of aromatic amines is 1. The summed E-state index contributed by atoms with van der Waals surface area (Å²) in [4.78, 5) is 32.1. The Labute approximate surface area is 168 Å². The number of carbonyl (C=O) groups excluding carboxylic acids is 2. The Hall–Kier alpha value is -3.45. The van der Waals surface area contributed by atoms with Gasteiger partial charge in [-0.25, -0.2) is 4.98 Å². The SMILES string of the molecule is C=CC(=O)N[C@@H]1CC[C@@H](C(=O)Nc2ccccc2-c2nc3ccccc3[nH]2)OC1. The molecule has 29 heavy (non-hydrogen) atoms. The van der Waals surface area contributed by atoms with Crippen molar-refractivity contribution in [3.63, 3.8) is 0 Å². The number of imidazole rings is 1. The van der Waals surface area contributed by atoms with Crippen molar-refractivity contribution in [3.8, 4) is 11.4 Å². The molecule has 0 saturated carbocycles. The number of nitrogens with one attached hydrogen (secondary N) is 3. The van der Waals surface area contributed by atoms with Crippen LogP contribution in [0.15, 0.2) is 61.2 Å². The maximum atomic E-state index is 12.7. The Morgan fingerprint density at radius 1 is 1.14 bits per heavy atom. The molecule has 1 fully saturated rings.